The van der Waals surface area contributed by atoms with Crippen molar-refractivity contribution >= 4 is 28.9 Å². The van der Waals surface area contributed by atoms with E-state index < -0.39 is 5.97 Å². The second kappa shape index (κ2) is 7.40. The number of rotatable bonds is 6. The zero-order valence-corrected chi connectivity index (χ0v) is 13.2. The van der Waals surface area contributed by atoms with Gasteiger partial charge < -0.3 is 14.2 Å². The first-order chi connectivity index (χ1) is 10.2. The molecule has 0 fully saturated rings. The Bertz CT molecular complexity index is 629. The number of halogens is 1. The van der Waals surface area contributed by atoms with Gasteiger partial charge in [-0.3, -0.25) is 0 Å². The molecule has 0 radical (unpaired) electrons. The number of para-hydroxylation sites is 1. The number of methoxy groups -OCH3 is 2. The number of hydrogen-bond acceptors (Lipinski definition) is 6. The Labute approximate surface area is 131 Å². The third-order valence-electron chi connectivity index (χ3n) is 2.62. The number of benzene rings is 1. The number of ether oxygens (including phenoxy) is 3. The highest BCUT2D eigenvalue weighted by Gasteiger charge is 2.19. The van der Waals surface area contributed by atoms with Crippen LogP contribution in [0.15, 0.2) is 24.3 Å². The zero-order valence-electron chi connectivity index (χ0n) is 11.6. The highest BCUT2D eigenvalue weighted by Crippen LogP contribution is 2.36. The van der Waals surface area contributed by atoms with E-state index in [0.29, 0.717) is 24.0 Å². The first kappa shape index (κ1) is 15.8. The largest absolute Gasteiger partial charge is 0.490 e. The van der Waals surface area contributed by atoms with Crippen LogP contribution in [-0.4, -0.2) is 38.4 Å². The minimum atomic E-state index is -0.499. The van der Waals surface area contributed by atoms with Crippen LogP contribution in [0.25, 0.3) is 10.6 Å². The Morgan fingerprint density at radius 2 is 2.05 bits per heavy atom. The average Bonchev–Trinajstić information content (AvgIpc) is 2.89. The fourth-order valence-electron chi connectivity index (χ4n) is 1.64. The second-order valence-corrected chi connectivity index (χ2v) is 5.33. The average molecular weight is 328 g/mol. The molecule has 0 aliphatic heterocycles. The number of nitrogens with zero attached hydrogens (tertiary/aromatic N) is 1. The Hall–Kier alpha value is -1.63. The quantitative estimate of drug-likeness (QED) is 0.602. The topological polar surface area (TPSA) is 57.7 Å². The summed E-state index contributed by atoms with van der Waals surface area (Å²) in [6, 6.07) is 7.42. The summed E-state index contributed by atoms with van der Waals surface area (Å²) in [6.07, 6.45) is 0. The molecule has 1 aromatic heterocycles. The molecule has 0 amide bonds. The molecule has 0 unspecified atom stereocenters. The fraction of sp³-hybridized carbons (Fsp3) is 0.286. The minimum Gasteiger partial charge on any atom is -0.490 e. The second-order valence-electron chi connectivity index (χ2n) is 3.97. The number of carbonyl (C=O) groups is 1. The van der Waals surface area contributed by atoms with Crippen molar-refractivity contribution in [2.24, 2.45) is 0 Å². The fourth-order valence-corrected chi connectivity index (χ4v) is 2.87. The SMILES string of the molecule is COCCOc1ccccc1-c1nc(Cl)c(C(=O)OC)s1. The molecule has 0 saturated heterocycles. The van der Waals surface area contributed by atoms with Crippen LogP contribution in [-0.2, 0) is 9.47 Å². The van der Waals surface area contributed by atoms with Crippen molar-refractivity contribution in [3.8, 4) is 16.3 Å². The summed E-state index contributed by atoms with van der Waals surface area (Å²) >= 11 is 7.16. The maximum Gasteiger partial charge on any atom is 0.351 e. The smallest absolute Gasteiger partial charge is 0.351 e. The number of esters is 1. The maximum atomic E-state index is 11.6. The van der Waals surface area contributed by atoms with Gasteiger partial charge in [0, 0.05) is 7.11 Å². The molecule has 0 bridgehead atoms. The third kappa shape index (κ3) is 3.72. The molecular weight excluding hydrogens is 314 g/mol. The van der Waals surface area contributed by atoms with E-state index in [1.165, 1.54) is 18.4 Å². The molecule has 7 heteroatoms. The predicted octanol–water partition coefficient (Wildman–Crippen LogP) is 3.28. The van der Waals surface area contributed by atoms with Crippen molar-refractivity contribution in [1.29, 1.82) is 0 Å². The molecule has 1 aromatic carbocycles. The van der Waals surface area contributed by atoms with Crippen LogP contribution in [0.1, 0.15) is 9.67 Å². The minimum absolute atomic E-state index is 0.133. The summed E-state index contributed by atoms with van der Waals surface area (Å²) in [5, 5.41) is 0.738. The van der Waals surface area contributed by atoms with E-state index in [0.717, 1.165) is 5.56 Å². The van der Waals surface area contributed by atoms with Gasteiger partial charge in [-0.05, 0) is 12.1 Å². The summed E-state index contributed by atoms with van der Waals surface area (Å²) in [5.41, 5.74) is 0.774. The van der Waals surface area contributed by atoms with Crippen molar-refractivity contribution in [2.45, 2.75) is 0 Å². The van der Waals surface area contributed by atoms with Crippen LogP contribution in [0, 0.1) is 0 Å². The van der Waals surface area contributed by atoms with E-state index in [4.69, 9.17) is 21.1 Å². The van der Waals surface area contributed by atoms with Crippen LogP contribution in [0.4, 0.5) is 0 Å². The molecule has 2 aromatic rings. The molecule has 112 valence electrons. The highest BCUT2D eigenvalue weighted by molar-refractivity contribution is 7.17. The van der Waals surface area contributed by atoms with Crippen LogP contribution in [0.3, 0.4) is 0 Å². The van der Waals surface area contributed by atoms with E-state index in [9.17, 15) is 4.79 Å². The monoisotopic (exact) mass is 327 g/mol. The Morgan fingerprint density at radius 3 is 2.76 bits per heavy atom. The number of carbonyl (C=O) groups excluding carboxylic acids is 1. The first-order valence-electron chi connectivity index (χ1n) is 6.13. The Balaban J connectivity index is 2.31. The van der Waals surface area contributed by atoms with Gasteiger partial charge in [0.2, 0.25) is 0 Å². The standard InChI is InChI=1S/C14H14ClNO4S/c1-18-7-8-20-10-6-4-3-5-9(10)13-16-12(15)11(21-13)14(17)19-2/h3-6H,7-8H2,1-2H3. The van der Waals surface area contributed by atoms with E-state index in [1.807, 2.05) is 24.3 Å². The molecule has 0 atom stereocenters. The predicted molar refractivity (Wildman–Crippen MR) is 81.3 cm³/mol. The van der Waals surface area contributed by atoms with Gasteiger partial charge in [-0.1, -0.05) is 23.7 Å². The van der Waals surface area contributed by atoms with Gasteiger partial charge in [0.25, 0.3) is 0 Å². The van der Waals surface area contributed by atoms with E-state index in [-0.39, 0.29) is 10.0 Å². The van der Waals surface area contributed by atoms with Crippen molar-refractivity contribution in [3.63, 3.8) is 0 Å². The zero-order chi connectivity index (χ0) is 15.2. The van der Waals surface area contributed by atoms with Crippen LogP contribution in [0.2, 0.25) is 5.15 Å². The molecule has 0 spiro atoms. The van der Waals surface area contributed by atoms with E-state index >= 15 is 0 Å². The first-order valence-corrected chi connectivity index (χ1v) is 7.32. The van der Waals surface area contributed by atoms with E-state index in [1.54, 1.807) is 7.11 Å². The lowest BCUT2D eigenvalue weighted by Gasteiger charge is -2.09. The summed E-state index contributed by atoms with van der Waals surface area (Å²) < 4.78 is 15.3. The Kier molecular flexibility index (Phi) is 5.55. The summed E-state index contributed by atoms with van der Waals surface area (Å²) in [4.78, 5) is 16.1. The van der Waals surface area contributed by atoms with Gasteiger partial charge in [0.1, 0.15) is 17.4 Å². The molecule has 0 aliphatic carbocycles. The maximum absolute atomic E-state index is 11.6. The molecule has 2 rings (SSSR count). The van der Waals surface area contributed by atoms with Gasteiger partial charge in [-0.25, -0.2) is 9.78 Å². The molecule has 21 heavy (non-hydrogen) atoms. The molecule has 0 aliphatic rings. The molecular formula is C14H14ClNO4S. The highest BCUT2D eigenvalue weighted by atomic mass is 35.5. The summed E-state index contributed by atoms with van der Waals surface area (Å²) in [5.74, 6) is 0.165. The van der Waals surface area contributed by atoms with Crippen molar-refractivity contribution < 1.29 is 19.0 Å². The van der Waals surface area contributed by atoms with Crippen molar-refractivity contribution in [3.05, 3.63) is 34.3 Å². The summed E-state index contributed by atoms with van der Waals surface area (Å²) in [6.45, 7) is 0.914. The molecule has 5 nitrogen and oxygen atoms in total. The van der Waals surface area contributed by atoms with Gasteiger partial charge in [0.05, 0.1) is 19.3 Å². The van der Waals surface area contributed by atoms with Crippen LogP contribution >= 0.6 is 22.9 Å². The lowest BCUT2D eigenvalue weighted by molar-refractivity contribution is 0.0606. The summed E-state index contributed by atoms with van der Waals surface area (Å²) in [7, 11) is 2.92. The molecule has 0 saturated carbocycles. The molecule has 1 heterocycles. The van der Waals surface area contributed by atoms with Gasteiger partial charge in [-0.15, -0.1) is 11.3 Å². The van der Waals surface area contributed by atoms with Gasteiger partial charge in [-0.2, -0.15) is 0 Å². The number of aromatic nitrogens is 1. The third-order valence-corrected chi connectivity index (χ3v) is 4.07. The van der Waals surface area contributed by atoms with Crippen molar-refractivity contribution in [2.75, 3.05) is 27.4 Å². The normalized spacial score (nSPS) is 10.4. The number of hydrogen-bond donors (Lipinski definition) is 0. The van der Waals surface area contributed by atoms with Crippen LogP contribution < -0.4 is 4.74 Å². The van der Waals surface area contributed by atoms with Crippen molar-refractivity contribution in [1.82, 2.24) is 4.98 Å². The van der Waals surface area contributed by atoms with Gasteiger partial charge in [0.15, 0.2) is 10.0 Å². The van der Waals surface area contributed by atoms with Gasteiger partial charge >= 0.3 is 5.97 Å². The number of thiazole rings is 1. The lowest BCUT2D eigenvalue weighted by Crippen LogP contribution is -2.04. The van der Waals surface area contributed by atoms with E-state index in [2.05, 4.69) is 9.72 Å². The Morgan fingerprint density at radius 1 is 1.29 bits per heavy atom. The van der Waals surface area contributed by atoms with Crippen LogP contribution in [0.5, 0.6) is 5.75 Å². The lowest BCUT2D eigenvalue weighted by atomic mass is 10.2. The molecule has 0 N–H and O–H groups in total.